The second-order valence-electron chi connectivity index (χ2n) is 7.63. The molecule has 3 aromatic rings. The van der Waals surface area contributed by atoms with Gasteiger partial charge in [0.05, 0.1) is 11.4 Å². The fourth-order valence-electron chi connectivity index (χ4n) is 3.56. The average Bonchev–Trinajstić information content (AvgIpc) is 3.38. The molecule has 0 saturated carbocycles. The fraction of sp³-hybridized carbons (Fsp3) is 0.120. The van der Waals surface area contributed by atoms with Crippen LogP contribution in [0.4, 0.5) is 9.18 Å². The molecule has 178 valence electrons. The highest BCUT2D eigenvalue weighted by atomic mass is 79.9. The number of fused-ring (bicyclic) bond motifs is 1. The first kappa shape index (κ1) is 23.7. The molecule has 0 aliphatic carbocycles. The topological polar surface area (TPSA) is 65.1 Å². The number of imide groups is 1. The summed E-state index contributed by atoms with van der Waals surface area (Å²) in [7, 11) is 0. The van der Waals surface area contributed by atoms with E-state index in [2.05, 4.69) is 15.9 Å². The SMILES string of the molecule is O=C1S/C(=C\c2cc(Br)ccc2OCc2ccccc2F)C(=O)N1Cc1cc2c(cc1Cl)OCO2. The molecule has 10 heteroatoms. The number of thioether (sulfide) groups is 1. The second kappa shape index (κ2) is 9.93. The van der Waals surface area contributed by atoms with Crippen LogP contribution in [0.15, 0.2) is 64.0 Å². The smallest absolute Gasteiger partial charge is 0.293 e. The van der Waals surface area contributed by atoms with Gasteiger partial charge in [0.25, 0.3) is 11.1 Å². The normalized spacial score (nSPS) is 15.9. The van der Waals surface area contributed by atoms with E-state index in [-0.39, 0.29) is 30.7 Å². The molecule has 2 amide bonds. The number of carbonyl (C=O) groups excluding carboxylic acids is 2. The van der Waals surface area contributed by atoms with Crippen LogP contribution < -0.4 is 14.2 Å². The highest BCUT2D eigenvalue weighted by Crippen LogP contribution is 2.40. The number of ether oxygens (including phenoxy) is 3. The molecule has 0 unspecified atom stereocenters. The molecule has 0 aromatic heterocycles. The predicted molar refractivity (Wildman–Crippen MR) is 134 cm³/mol. The molecule has 0 atom stereocenters. The monoisotopic (exact) mass is 575 g/mol. The van der Waals surface area contributed by atoms with Crippen molar-refractivity contribution in [2.24, 2.45) is 0 Å². The van der Waals surface area contributed by atoms with E-state index in [9.17, 15) is 14.0 Å². The Kier molecular flexibility index (Phi) is 6.73. The lowest BCUT2D eigenvalue weighted by molar-refractivity contribution is -0.123. The minimum absolute atomic E-state index is 0.00734. The van der Waals surface area contributed by atoms with Crippen molar-refractivity contribution in [3.8, 4) is 17.2 Å². The zero-order valence-corrected chi connectivity index (χ0v) is 21.1. The minimum Gasteiger partial charge on any atom is -0.488 e. The van der Waals surface area contributed by atoms with Crippen LogP contribution in [0.2, 0.25) is 5.02 Å². The van der Waals surface area contributed by atoms with Gasteiger partial charge in [0, 0.05) is 26.7 Å². The molecule has 2 aliphatic rings. The third kappa shape index (κ3) is 5.03. The summed E-state index contributed by atoms with van der Waals surface area (Å²) < 4.78 is 31.3. The van der Waals surface area contributed by atoms with Crippen molar-refractivity contribution in [3.05, 3.63) is 91.5 Å². The van der Waals surface area contributed by atoms with Gasteiger partial charge in [-0.15, -0.1) is 0 Å². The molecule has 0 spiro atoms. The Labute approximate surface area is 217 Å². The number of hydrogen-bond donors (Lipinski definition) is 0. The van der Waals surface area contributed by atoms with Gasteiger partial charge in [-0.2, -0.15) is 0 Å². The Balaban J connectivity index is 1.37. The molecular weight excluding hydrogens is 561 g/mol. The first-order chi connectivity index (χ1) is 16.9. The average molecular weight is 577 g/mol. The molecule has 1 fully saturated rings. The van der Waals surface area contributed by atoms with E-state index in [0.717, 1.165) is 21.1 Å². The van der Waals surface area contributed by atoms with Crippen molar-refractivity contribution in [2.75, 3.05) is 6.79 Å². The third-order valence-electron chi connectivity index (χ3n) is 5.34. The Morgan fingerprint density at radius 2 is 1.86 bits per heavy atom. The molecule has 0 bridgehead atoms. The van der Waals surface area contributed by atoms with Gasteiger partial charge in [-0.1, -0.05) is 45.7 Å². The Morgan fingerprint density at radius 1 is 1.09 bits per heavy atom. The van der Waals surface area contributed by atoms with Crippen molar-refractivity contribution in [1.82, 2.24) is 4.90 Å². The van der Waals surface area contributed by atoms with Crippen LogP contribution in [0.3, 0.4) is 0 Å². The van der Waals surface area contributed by atoms with Gasteiger partial charge in [0.2, 0.25) is 6.79 Å². The fourth-order valence-corrected chi connectivity index (χ4v) is 4.98. The van der Waals surface area contributed by atoms with Crippen molar-refractivity contribution in [2.45, 2.75) is 13.2 Å². The third-order valence-corrected chi connectivity index (χ3v) is 7.10. The van der Waals surface area contributed by atoms with E-state index in [1.165, 1.54) is 6.07 Å². The van der Waals surface area contributed by atoms with Gasteiger partial charge < -0.3 is 14.2 Å². The summed E-state index contributed by atoms with van der Waals surface area (Å²) in [6.07, 6.45) is 1.59. The summed E-state index contributed by atoms with van der Waals surface area (Å²) in [6, 6.07) is 14.9. The maximum Gasteiger partial charge on any atom is 0.293 e. The van der Waals surface area contributed by atoms with Crippen molar-refractivity contribution in [3.63, 3.8) is 0 Å². The van der Waals surface area contributed by atoms with E-state index in [1.54, 1.807) is 54.6 Å². The quantitative estimate of drug-likeness (QED) is 0.301. The van der Waals surface area contributed by atoms with Crippen LogP contribution in [-0.2, 0) is 17.9 Å². The highest BCUT2D eigenvalue weighted by molar-refractivity contribution is 9.10. The number of hydrogen-bond acceptors (Lipinski definition) is 6. The van der Waals surface area contributed by atoms with Crippen LogP contribution in [0.25, 0.3) is 6.08 Å². The number of nitrogens with zero attached hydrogens (tertiary/aromatic N) is 1. The Bertz CT molecular complexity index is 1380. The molecule has 0 radical (unpaired) electrons. The number of carbonyl (C=O) groups is 2. The lowest BCUT2D eigenvalue weighted by atomic mass is 10.1. The van der Waals surface area contributed by atoms with Crippen LogP contribution in [0.5, 0.6) is 17.2 Å². The minimum atomic E-state index is -0.450. The van der Waals surface area contributed by atoms with Crippen LogP contribution >= 0.6 is 39.3 Å². The molecule has 6 nitrogen and oxygen atoms in total. The first-order valence-electron chi connectivity index (χ1n) is 10.4. The van der Waals surface area contributed by atoms with Gasteiger partial charge in [0.15, 0.2) is 11.5 Å². The zero-order valence-electron chi connectivity index (χ0n) is 17.9. The number of halogens is 3. The molecule has 2 heterocycles. The van der Waals surface area contributed by atoms with Gasteiger partial charge in [-0.25, -0.2) is 4.39 Å². The van der Waals surface area contributed by atoms with Crippen LogP contribution in [0, 0.1) is 5.82 Å². The molecule has 0 N–H and O–H groups in total. The predicted octanol–water partition coefficient (Wildman–Crippen LogP) is 6.79. The van der Waals surface area contributed by atoms with Crippen molar-refractivity contribution < 1.29 is 28.2 Å². The Morgan fingerprint density at radius 3 is 2.66 bits per heavy atom. The van der Waals surface area contributed by atoms with E-state index < -0.39 is 11.1 Å². The summed E-state index contributed by atoms with van der Waals surface area (Å²) in [4.78, 5) is 27.1. The molecule has 3 aromatic carbocycles. The van der Waals surface area contributed by atoms with Crippen molar-refractivity contribution >= 4 is 56.5 Å². The maximum atomic E-state index is 14.0. The molecular formula is C25H16BrClFNO5S. The molecule has 5 rings (SSSR count). The number of rotatable bonds is 6. The molecule has 1 saturated heterocycles. The number of amides is 2. The maximum absolute atomic E-state index is 14.0. The van der Waals surface area contributed by atoms with E-state index in [4.69, 9.17) is 25.8 Å². The lowest BCUT2D eigenvalue weighted by Crippen LogP contribution is -2.27. The van der Waals surface area contributed by atoms with E-state index >= 15 is 0 Å². The Hall–Kier alpha value is -3.01. The summed E-state index contributed by atoms with van der Waals surface area (Å²) in [5.74, 6) is 0.660. The van der Waals surface area contributed by atoms with Crippen molar-refractivity contribution in [1.29, 1.82) is 0 Å². The lowest BCUT2D eigenvalue weighted by Gasteiger charge is -2.14. The number of benzene rings is 3. The summed E-state index contributed by atoms with van der Waals surface area (Å²) >= 11 is 10.6. The van der Waals surface area contributed by atoms with Gasteiger partial charge in [-0.3, -0.25) is 14.5 Å². The second-order valence-corrected chi connectivity index (χ2v) is 9.94. The van der Waals surface area contributed by atoms with Gasteiger partial charge >= 0.3 is 0 Å². The first-order valence-corrected chi connectivity index (χ1v) is 12.4. The molecule has 2 aliphatic heterocycles. The van der Waals surface area contributed by atoms with Crippen LogP contribution in [-0.4, -0.2) is 22.8 Å². The summed E-state index contributed by atoms with van der Waals surface area (Å²) in [5, 5.41) is -0.0492. The van der Waals surface area contributed by atoms with Gasteiger partial charge in [-0.05, 0) is 53.7 Å². The largest absolute Gasteiger partial charge is 0.488 e. The standard InChI is InChI=1S/C25H16BrClFNO5S/c26-17-5-6-20(32-12-14-3-1-2-4-19(14)28)15(7-17)9-23-24(30)29(25(31)35-23)11-16-8-21-22(10-18(16)27)34-13-33-21/h1-10H,11-13H2/b23-9-. The highest BCUT2D eigenvalue weighted by Gasteiger charge is 2.36. The molecule has 35 heavy (non-hydrogen) atoms. The van der Waals surface area contributed by atoms with E-state index in [1.807, 2.05) is 0 Å². The van der Waals surface area contributed by atoms with Gasteiger partial charge in [0.1, 0.15) is 18.2 Å². The zero-order chi connectivity index (χ0) is 24.5. The van der Waals surface area contributed by atoms with Crippen LogP contribution in [0.1, 0.15) is 16.7 Å². The summed E-state index contributed by atoms with van der Waals surface area (Å²) in [5.41, 5.74) is 1.54. The summed E-state index contributed by atoms with van der Waals surface area (Å²) in [6.45, 7) is 0.0965. The van der Waals surface area contributed by atoms with E-state index in [0.29, 0.717) is 39.0 Å².